The monoisotopic (exact) mass is 635 g/mol. The van der Waals surface area contributed by atoms with Gasteiger partial charge in [-0.2, -0.15) is 26.3 Å². The van der Waals surface area contributed by atoms with Crippen LogP contribution in [0.2, 0.25) is 0 Å². The predicted octanol–water partition coefficient (Wildman–Crippen LogP) is 2.93. The molecule has 2 spiro atoms. The maximum Gasteiger partial charge on any atom is 0.490 e. The molecule has 0 radical (unpaired) electrons. The van der Waals surface area contributed by atoms with Crippen molar-refractivity contribution in [2.45, 2.75) is 38.2 Å². The van der Waals surface area contributed by atoms with Gasteiger partial charge in [0.05, 0.1) is 5.41 Å². The number of aryl methyl sites for hydroxylation is 1. The SMILES string of the molecule is Cn1cccc1C(=O)N1CCC2(CC1)CN(Cc1cccnc1)CC21CCNC1=O.O=C(O)C(F)(F)F.O=C(O)C(F)(F)F. The van der Waals surface area contributed by atoms with Gasteiger partial charge in [0, 0.05) is 70.3 Å². The summed E-state index contributed by atoms with van der Waals surface area (Å²) in [4.78, 5) is 52.5. The largest absolute Gasteiger partial charge is 0.490 e. The molecule has 44 heavy (non-hydrogen) atoms. The van der Waals surface area contributed by atoms with E-state index in [1.807, 2.05) is 47.1 Å². The van der Waals surface area contributed by atoms with E-state index in [0.717, 1.165) is 51.1 Å². The molecule has 1 unspecified atom stereocenters. The number of rotatable bonds is 3. The number of aliphatic carboxylic acids is 2. The minimum atomic E-state index is -5.08. The third kappa shape index (κ3) is 7.67. The van der Waals surface area contributed by atoms with Crippen molar-refractivity contribution in [2.75, 3.05) is 32.7 Å². The first-order valence-corrected chi connectivity index (χ1v) is 13.3. The number of carbonyl (C=O) groups is 4. The zero-order valence-electron chi connectivity index (χ0n) is 23.5. The molecule has 3 N–H and O–H groups in total. The topological polar surface area (TPSA) is 145 Å². The number of aromatic nitrogens is 2. The Hall–Kier alpha value is -4.15. The number of alkyl halides is 6. The summed E-state index contributed by atoms with van der Waals surface area (Å²) in [5.74, 6) is -5.22. The van der Waals surface area contributed by atoms with Crippen LogP contribution >= 0.6 is 0 Å². The fourth-order valence-corrected chi connectivity index (χ4v) is 6.00. The molecule has 2 aromatic heterocycles. The summed E-state index contributed by atoms with van der Waals surface area (Å²) in [5, 5.41) is 17.4. The van der Waals surface area contributed by atoms with Crippen molar-refractivity contribution in [2.24, 2.45) is 17.9 Å². The van der Waals surface area contributed by atoms with Crippen LogP contribution in [0.3, 0.4) is 0 Å². The second-order valence-electron chi connectivity index (χ2n) is 10.8. The average Bonchev–Trinajstić information content (AvgIpc) is 3.62. The van der Waals surface area contributed by atoms with Gasteiger partial charge in [0.1, 0.15) is 5.69 Å². The lowest BCUT2D eigenvalue weighted by atomic mass is 9.60. The Balaban J connectivity index is 0.000000317. The van der Waals surface area contributed by atoms with Crippen LogP contribution in [0.4, 0.5) is 26.3 Å². The highest BCUT2D eigenvalue weighted by molar-refractivity contribution is 5.93. The number of fused-ring (bicyclic) bond motifs is 1. The third-order valence-corrected chi connectivity index (χ3v) is 8.09. The molecule has 5 rings (SSSR count). The highest BCUT2D eigenvalue weighted by atomic mass is 19.4. The third-order valence-electron chi connectivity index (χ3n) is 8.09. The number of piperidine rings is 1. The second-order valence-corrected chi connectivity index (χ2v) is 10.8. The van der Waals surface area contributed by atoms with E-state index in [2.05, 4.69) is 21.3 Å². The van der Waals surface area contributed by atoms with Crippen molar-refractivity contribution in [3.63, 3.8) is 0 Å². The first kappa shape index (κ1) is 34.3. The zero-order valence-corrected chi connectivity index (χ0v) is 23.5. The molecule has 11 nitrogen and oxygen atoms in total. The van der Waals surface area contributed by atoms with Gasteiger partial charge in [-0.3, -0.25) is 19.5 Å². The number of carboxylic acids is 2. The molecule has 0 aliphatic carbocycles. The summed E-state index contributed by atoms with van der Waals surface area (Å²) in [6, 6.07) is 7.85. The summed E-state index contributed by atoms with van der Waals surface area (Å²) in [6.45, 7) is 4.68. The molecular weight excluding hydrogens is 604 g/mol. The van der Waals surface area contributed by atoms with E-state index < -0.39 is 24.3 Å². The Morgan fingerprint density at radius 2 is 1.55 bits per heavy atom. The van der Waals surface area contributed by atoms with Gasteiger partial charge in [-0.05, 0) is 43.0 Å². The van der Waals surface area contributed by atoms with E-state index in [0.29, 0.717) is 13.1 Å². The molecule has 3 fully saturated rings. The average molecular weight is 636 g/mol. The fraction of sp³-hybridized carbons (Fsp3) is 0.519. The number of carbonyl (C=O) groups excluding carboxylic acids is 2. The first-order chi connectivity index (χ1) is 20.4. The lowest BCUT2D eigenvalue weighted by Crippen LogP contribution is -2.53. The maximum atomic E-state index is 13.1. The number of hydrogen-bond acceptors (Lipinski definition) is 6. The van der Waals surface area contributed by atoms with Crippen LogP contribution in [-0.2, 0) is 28.0 Å². The number of hydrogen-bond donors (Lipinski definition) is 3. The normalized spacial score (nSPS) is 21.2. The molecule has 3 aliphatic rings. The van der Waals surface area contributed by atoms with E-state index in [9.17, 15) is 35.9 Å². The Bertz CT molecular complexity index is 1320. The Labute approximate surface area is 247 Å². The molecule has 3 aliphatic heterocycles. The van der Waals surface area contributed by atoms with Gasteiger partial charge < -0.3 is 25.0 Å². The van der Waals surface area contributed by atoms with Gasteiger partial charge in [-0.15, -0.1) is 0 Å². The summed E-state index contributed by atoms with van der Waals surface area (Å²) in [6.07, 6.45) is -1.92. The van der Waals surface area contributed by atoms with Gasteiger partial charge in [0.2, 0.25) is 5.91 Å². The number of carboxylic acid groups (broad SMARTS) is 2. The lowest BCUT2D eigenvalue weighted by molar-refractivity contribution is -0.193. The predicted molar refractivity (Wildman–Crippen MR) is 140 cm³/mol. The number of likely N-dealkylation sites (tertiary alicyclic amines) is 2. The standard InChI is InChI=1S/C23H29N5O2.2C2HF3O2/c1-26-11-3-5-19(26)20(29)28-12-7-22(8-13-28)16-27(15-18-4-2-9-24-14-18)17-23(22)6-10-25-21(23)30;2*3-2(4,5)1(6)7/h2-5,9,11,14H,6-8,10,12-13,15-17H2,1H3,(H,25,30);2*(H,6,7). The van der Waals surface area contributed by atoms with Crippen LogP contribution in [-0.4, -0.2) is 98.4 Å². The van der Waals surface area contributed by atoms with Gasteiger partial charge in [-0.25, -0.2) is 9.59 Å². The van der Waals surface area contributed by atoms with Gasteiger partial charge in [-0.1, -0.05) is 6.07 Å². The van der Waals surface area contributed by atoms with Crippen molar-refractivity contribution >= 4 is 23.8 Å². The van der Waals surface area contributed by atoms with Crippen LogP contribution in [0.1, 0.15) is 35.3 Å². The Kier molecular flexibility index (Phi) is 10.3. The van der Waals surface area contributed by atoms with Crippen LogP contribution in [0.5, 0.6) is 0 Å². The van der Waals surface area contributed by atoms with Crippen LogP contribution in [0.25, 0.3) is 0 Å². The minimum Gasteiger partial charge on any atom is -0.475 e. The second kappa shape index (κ2) is 13.2. The highest BCUT2D eigenvalue weighted by Gasteiger charge is 2.63. The molecule has 17 heteroatoms. The molecule has 0 bridgehead atoms. The molecule has 3 saturated heterocycles. The van der Waals surface area contributed by atoms with Crippen molar-refractivity contribution < 1.29 is 55.7 Å². The van der Waals surface area contributed by atoms with Gasteiger partial charge in [0.15, 0.2) is 0 Å². The number of amides is 2. The number of nitrogens with one attached hydrogen (secondary N) is 1. The first-order valence-electron chi connectivity index (χ1n) is 13.3. The summed E-state index contributed by atoms with van der Waals surface area (Å²) < 4.78 is 65.4. The maximum absolute atomic E-state index is 13.1. The van der Waals surface area contributed by atoms with E-state index in [-0.39, 0.29) is 22.6 Å². The number of pyridine rings is 1. The van der Waals surface area contributed by atoms with Crippen LogP contribution < -0.4 is 5.32 Å². The quantitative estimate of drug-likeness (QED) is 0.437. The van der Waals surface area contributed by atoms with Crippen LogP contribution in [0, 0.1) is 10.8 Å². The van der Waals surface area contributed by atoms with E-state index in [1.165, 1.54) is 5.56 Å². The highest BCUT2D eigenvalue weighted by Crippen LogP contribution is 2.56. The molecule has 0 aromatic carbocycles. The molecule has 242 valence electrons. The summed E-state index contributed by atoms with van der Waals surface area (Å²) >= 11 is 0. The number of nitrogens with zero attached hydrogens (tertiary/aromatic N) is 4. The molecular formula is C27H31F6N5O6. The molecule has 0 saturated carbocycles. The van der Waals surface area contributed by atoms with E-state index >= 15 is 0 Å². The molecule has 2 amide bonds. The Morgan fingerprint density at radius 1 is 0.955 bits per heavy atom. The summed E-state index contributed by atoms with van der Waals surface area (Å²) in [5.41, 5.74) is 1.50. The lowest BCUT2D eigenvalue weighted by Gasteiger charge is -2.46. The molecule has 5 heterocycles. The van der Waals surface area contributed by atoms with Crippen molar-refractivity contribution in [1.29, 1.82) is 0 Å². The molecule has 1 atom stereocenters. The zero-order chi connectivity index (χ0) is 32.9. The van der Waals surface area contributed by atoms with Crippen LogP contribution in [0.15, 0.2) is 42.9 Å². The summed E-state index contributed by atoms with van der Waals surface area (Å²) in [7, 11) is 1.91. The Morgan fingerprint density at radius 3 is 1.98 bits per heavy atom. The minimum absolute atomic E-state index is 0.0687. The van der Waals surface area contributed by atoms with E-state index in [1.54, 1.807) is 6.20 Å². The van der Waals surface area contributed by atoms with Crippen molar-refractivity contribution in [3.8, 4) is 0 Å². The van der Waals surface area contributed by atoms with E-state index in [4.69, 9.17) is 19.8 Å². The molecule has 2 aromatic rings. The van der Waals surface area contributed by atoms with Gasteiger partial charge >= 0.3 is 24.3 Å². The van der Waals surface area contributed by atoms with Crippen molar-refractivity contribution in [3.05, 3.63) is 54.1 Å². The fourth-order valence-electron chi connectivity index (χ4n) is 6.00. The smallest absolute Gasteiger partial charge is 0.475 e. The van der Waals surface area contributed by atoms with Crippen molar-refractivity contribution in [1.82, 2.24) is 24.7 Å². The number of halogens is 6. The van der Waals surface area contributed by atoms with Gasteiger partial charge in [0.25, 0.3) is 5.91 Å².